The van der Waals surface area contributed by atoms with Crippen molar-refractivity contribution in [3.8, 4) is 0 Å². The second-order valence-electron chi connectivity index (χ2n) is 5.03. The molecule has 0 aliphatic heterocycles. The van der Waals surface area contributed by atoms with Crippen molar-refractivity contribution in [2.75, 3.05) is 27.2 Å². The maximum atomic E-state index is 3.19. The van der Waals surface area contributed by atoms with Crippen molar-refractivity contribution in [2.24, 2.45) is 0 Å². The molecule has 0 amide bonds. The summed E-state index contributed by atoms with van der Waals surface area (Å²) in [6, 6.07) is 7.32. The van der Waals surface area contributed by atoms with E-state index in [-0.39, 0.29) is 0 Å². The van der Waals surface area contributed by atoms with E-state index in [0.29, 0.717) is 6.04 Å². The summed E-state index contributed by atoms with van der Waals surface area (Å²) in [5.74, 6) is 0. The first kappa shape index (κ1) is 14.2. The minimum absolute atomic E-state index is 0.491. The molecule has 96 valence electrons. The van der Waals surface area contributed by atoms with E-state index in [2.05, 4.69) is 56.2 Å². The monoisotopic (exact) mass is 234 g/mol. The fourth-order valence-corrected chi connectivity index (χ4v) is 2.20. The Kier molecular flexibility index (Phi) is 5.66. The fourth-order valence-electron chi connectivity index (χ4n) is 2.20. The molecule has 0 saturated heterocycles. The highest BCUT2D eigenvalue weighted by Gasteiger charge is 2.11. The third kappa shape index (κ3) is 4.49. The zero-order valence-electron chi connectivity index (χ0n) is 11.9. The van der Waals surface area contributed by atoms with E-state index in [0.717, 1.165) is 13.1 Å². The molecule has 2 nitrogen and oxygen atoms in total. The molecule has 1 aromatic carbocycles. The van der Waals surface area contributed by atoms with Crippen LogP contribution in [-0.4, -0.2) is 32.1 Å². The Hall–Kier alpha value is -0.860. The van der Waals surface area contributed by atoms with Crippen molar-refractivity contribution in [1.29, 1.82) is 0 Å². The number of benzene rings is 1. The van der Waals surface area contributed by atoms with Crippen LogP contribution in [-0.2, 0) is 0 Å². The minimum atomic E-state index is 0.491. The molecule has 1 N–H and O–H groups in total. The molecule has 0 spiro atoms. The largest absolute Gasteiger partial charge is 0.320 e. The normalized spacial score (nSPS) is 13.1. The van der Waals surface area contributed by atoms with Gasteiger partial charge in [0.1, 0.15) is 0 Å². The van der Waals surface area contributed by atoms with E-state index in [1.54, 1.807) is 0 Å². The van der Waals surface area contributed by atoms with Crippen LogP contribution in [0.2, 0.25) is 0 Å². The molecule has 0 aliphatic rings. The van der Waals surface area contributed by atoms with Gasteiger partial charge in [0.05, 0.1) is 0 Å². The van der Waals surface area contributed by atoms with Gasteiger partial charge in [-0.25, -0.2) is 0 Å². The quantitative estimate of drug-likeness (QED) is 0.761. The number of hydrogen-bond acceptors (Lipinski definition) is 2. The van der Waals surface area contributed by atoms with Crippen LogP contribution in [0.3, 0.4) is 0 Å². The summed E-state index contributed by atoms with van der Waals surface area (Å²) in [6.07, 6.45) is 1.20. The second kappa shape index (κ2) is 6.77. The first-order valence-electron chi connectivity index (χ1n) is 6.47. The Morgan fingerprint density at radius 3 is 2.29 bits per heavy atom. The van der Waals surface area contributed by atoms with Crippen molar-refractivity contribution in [2.45, 2.75) is 33.2 Å². The zero-order valence-corrected chi connectivity index (χ0v) is 11.9. The van der Waals surface area contributed by atoms with Crippen LogP contribution in [0.4, 0.5) is 0 Å². The van der Waals surface area contributed by atoms with Crippen molar-refractivity contribution in [1.82, 2.24) is 10.2 Å². The number of rotatable bonds is 6. The lowest BCUT2D eigenvalue weighted by atomic mass is 10.0. The molecule has 1 aromatic rings. The summed E-state index contributed by atoms with van der Waals surface area (Å²) in [6.45, 7) is 8.85. The number of nitrogens with zero attached hydrogens (tertiary/aromatic N) is 1. The molecule has 0 fully saturated rings. The lowest BCUT2D eigenvalue weighted by molar-refractivity contribution is 0.258. The van der Waals surface area contributed by atoms with Gasteiger partial charge in [0.25, 0.3) is 0 Å². The van der Waals surface area contributed by atoms with Crippen molar-refractivity contribution >= 4 is 0 Å². The van der Waals surface area contributed by atoms with Crippen molar-refractivity contribution in [3.05, 3.63) is 34.9 Å². The average molecular weight is 234 g/mol. The van der Waals surface area contributed by atoms with Crippen LogP contribution in [0.1, 0.15) is 36.1 Å². The van der Waals surface area contributed by atoms with E-state index < -0.39 is 0 Å². The highest BCUT2D eigenvalue weighted by atomic mass is 15.1. The van der Waals surface area contributed by atoms with Crippen LogP contribution < -0.4 is 5.32 Å². The van der Waals surface area contributed by atoms with Crippen molar-refractivity contribution < 1.29 is 0 Å². The Morgan fingerprint density at radius 2 is 1.76 bits per heavy atom. The Balaban J connectivity index is 2.64. The van der Waals surface area contributed by atoms with Crippen LogP contribution >= 0.6 is 0 Å². The lowest BCUT2D eigenvalue weighted by Gasteiger charge is -2.25. The molecule has 17 heavy (non-hydrogen) atoms. The molecule has 0 bridgehead atoms. The SMILES string of the molecule is CNCCCN(C)C(C)c1cc(C)cc(C)c1. The molecule has 0 saturated carbocycles. The lowest BCUT2D eigenvalue weighted by Crippen LogP contribution is -2.26. The predicted molar refractivity (Wildman–Crippen MR) is 75.5 cm³/mol. The smallest absolute Gasteiger partial charge is 0.0317 e. The molecule has 1 atom stereocenters. The van der Waals surface area contributed by atoms with E-state index in [9.17, 15) is 0 Å². The molecule has 0 aliphatic carbocycles. The second-order valence-corrected chi connectivity index (χ2v) is 5.03. The van der Waals surface area contributed by atoms with Crippen molar-refractivity contribution in [3.63, 3.8) is 0 Å². The first-order valence-corrected chi connectivity index (χ1v) is 6.47. The highest BCUT2D eigenvalue weighted by Crippen LogP contribution is 2.21. The number of hydrogen-bond donors (Lipinski definition) is 1. The summed E-state index contributed by atoms with van der Waals surface area (Å²) >= 11 is 0. The minimum Gasteiger partial charge on any atom is -0.320 e. The third-order valence-corrected chi connectivity index (χ3v) is 3.33. The van der Waals surface area contributed by atoms with Gasteiger partial charge in [0, 0.05) is 6.04 Å². The van der Waals surface area contributed by atoms with Crippen LogP contribution in [0.15, 0.2) is 18.2 Å². The standard InChI is InChI=1S/C15H26N2/c1-12-9-13(2)11-15(10-12)14(3)17(5)8-6-7-16-4/h9-11,14,16H,6-8H2,1-5H3. The van der Waals surface area contributed by atoms with E-state index in [1.165, 1.54) is 23.1 Å². The average Bonchev–Trinajstić information content (AvgIpc) is 2.27. The molecule has 2 heteroatoms. The van der Waals surface area contributed by atoms with Gasteiger partial charge in [-0.2, -0.15) is 0 Å². The molecule has 0 heterocycles. The van der Waals surface area contributed by atoms with E-state index >= 15 is 0 Å². The molecule has 1 rings (SSSR count). The van der Waals surface area contributed by atoms with Crippen LogP contribution in [0.25, 0.3) is 0 Å². The van der Waals surface area contributed by atoms with E-state index in [1.807, 2.05) is 7.05 Å². The molecular weight excluding hydrogens is 208 g/mol. The molecular formula is C15H26N2. The zero-order chi connectivity index (χ0) is 12.8. The summed E-state index contributed by atoms with van der Waals surface area (Å²) in [7, 11) is 4.21. The van der Waals surface area contributed by atoms with Crippen LogP contribution in [0, 0.1) is 13.8 Å². The summed E-state index contributed by atoms with van der Waals surface area (Å²) in [5, 5.41) is 3.19. The predicted octanol–water partition coefficient (Wildman–Crippen LogP) is 2.91. The number of aryl methyl sites for hydroxylation is 2. The maximum absolute atomic E-state index is 3.19. The van der Waals surface area contributed by atoms with Gasteiger partial charge in [-0.15, -0.1) is 0 Å². The fraction of sp³-hybridized carbons (Fsp3) is 0.600. The molecule has 0 aromatic heterocycles. The summed E-state index contributed by atoms with van der Waals surface area (Å²) < 4.78 is 0. The Labute approximate surface area is 106 Å². The van der Waals surface area contributed by atoms with Gasteiger partial charge in [0.15, 0.2) is 0 Å². The Morgan fingerprint density at radius 1 is 1.18 bits per heavy atom. The molecule has 1 unspecified atom stereocenters. The van der Waals surface area contributed by atoms with Gasteiger partial charge in [-0.05, 0) is 59.9 Å². The Bertz CT molecular complexity index is 327. The number of nitrogens with one attached hydrogen (secondary N) is 1. The van der Waals surface area contributed by atoms with Gasteiger partial charge in [0.2, 0.25) is 0 Å². The van der Waals surface area contributed by atoms with Gasteiger partial charge < -0.3 is 5.32 Å². The highest BCUT2D eigenvalue weighted by molar-refractivity contribution is 5.30. The summed E-state index contributed by atoms with van der Waals surface area (Å²) in [5.41, 5.74) is 4.14. The van der Waals surface area contributed by atoms with Gasteiger partial charge in [-0.1, -0.05) is 29.3 Å². The first-order chi connectivity index (χ1) is 8.04. The maximum Gasteiger partial charge on any atom is 0.0317 e. The third-order valence-electron chi connectivity index (χ3n) is 3.33. The van der Waals surface area contributed by atoms with Gasteiger partial charge >= 0.3 is 0 Å². The summed E-state index contributed by atoms with van der Waals surface area (Å²) in [4.78, 5) is 2.42. The topological polar surface area (TPSA) is 15.3 Å². The van der Waals surface area contributed by atoms with Crippen LogP contribution in [0.5, 0.6) is 0 Å². The molecule has 0 radical (unpaired) electrons. The van der Waals surface area contributed by atoms with Gasteiger partial charge in [-0.3, -0.25) is 4.90 Å². The van der Waals surface area contributed by atoms with E-state index in [4.69, 9.17) is 0 Å².